The first-order valence-electron chi connectivity index (χ1n) is 7.21. The first-order chi connectivity index (χ1) is 9.58. The van der Waals surface area contributed by atoms with Crippen molar-refractivity contribution in [1.82, 2.24) is 9.80 Å². The minimum Gasteiger partial charge on any atom is -0.481 e. The van der Waals surface area contributed by atoms with Crippen molar-refractivity contribution in [3.63, 3.8) is 0 Å². The zero-order valence-corrected chi connectivity index (χ0v) is 12.0. The molecule has 1 fully saturated rings. The van der Waals surface area contributed by atoms with Crippen LogP contribution in [0.4, 0.5) is 4.79 Å². The maximum atomic E-state index is 12.3. The van der Waals surface area contributed by atoms with E-state index < -0.39 is 5.97 Å². The van der Waals surface area contributed by atoms with Gasteiger partial charge in [0.05, 0.1) is 12.5 Å². The molecule has 6 heteroatoms. The Bertz CT molecular complexity index is 378. The number of rotatable bonds is 6. The van der Waals surface area contributed by atoms with Gasteiger partial charge in [0.2, 0.25) is 0 Å². The van der Waals surface area contributed by atoms with Crippen LogP contribution in [0, 0.1) is 17.2 Å². The van der Waals surface area contributed by atoms with Crippen molar-refractivity contribution < 1.29 is 14.7 Å². The maximum absolute atomic E-state index is 12.3. The lowest BCUT2D eigenvalue weighted by Crippen LogP contribution is -2.47. The zero-order chi connectivity index (χ0) is 15.0. The molecular weight excluding hydrogens is 258 g/mol. The van der Waals surface area contributed by atoms with E-state index in [1.165, 1.54) is 0 Å². The zero-order valence-electron chi connectivity index (χ0n) is 12.0. The Labute approximate surface area is 120 Å². The fraction of sp³-hybridized carbons (Fsp3) is 0.786. The van der Waals surface area contributed by atoms with Gasteiger partial charge in [0.15, 0.2) is 0 Å². The van der Waals surface area contributed by atoms with E-state index in [0.29, 0.717) is 32.5 Å². The largest absolute Gasteiger partial charge is 0.481 e. The molecule has 1 N–H and O–H groups in total. The number of hydrogen-bond donors (Lipinski definition) is 1. The second-order valence-electron chi connectivity index (χ2n) is 5.16. The first-order valence-corrected chi connectivity index (χ1v) is 7.21. The number of nitrogens with zero attached hydrogens (tertiary/aromatic N) is 3. The monoisotopic (exact) mass is 281 g/mol. The summed E-state index contributed by atoms with van der Waals surface area (Å²) in [6.45, 7) is 4.32. The van der Waals surface area contributed by atoms with Crippen LogP contribution in [-0.2, 0) is 4.79 Å². The molecule has 0 aromatic heterocycles. The average molecular weight is 281 g/mol. The number of carbonyl (C=O) groups excluding carboxylic acids is 1. The van der Waals surface area contributed by atoms with Gasteiger partial charge in [-0.2, -0.15) is 5.26 Å². The standard InChI is InChI=1S/C14H23N3O3/c1-2-16(10-4-8-15)14(20)17-9-3-5-12(11-17)6-7-13(18)19/h12H,2-7,9-11H2,1H3,(H,18,19). The Morgan fingerprint density at radius 1 is 1.50 bits per heavy atom. The second-order valence-corrected chi connectivity index (χ2v) is 5.16. The van der Waals surface area contributed by atoms with Gasteiger partial charge in [-0.15, -0.1) is 0 Å². The third kappa shape index (κ3) is 5.08. The fourth-order valence-corrected chi connectivity index (χ4v) is 2.58. The highest BCUT2D eigenvalue weighted by Crippen LogP contribution is 2.22. The Hall–Kier alpha value is -1.77. The number of carboxylic acids is 1. The van der Waals surface area contributed by atoms with Crippen molar-refractivity contribution in [2.75, 3.05) is 26.2 Å². The van der Waals surface area contributed by atoms with Crippen molar-refractivity contribution in [2.45, 2.75) is 39.0 Å². The number of likely N-dealkylation sites (tertiary alicyclic amines) is 1. The highest BCUT2D eigenvalue weighted by molar-refractivity contribution is 5.74. The summed E-state index contributed by atoms with van der Waals surface area (Å²) >= 11 is 0. The minimum atomic E-state index is -0.780. The van der Waals surface area contributed by atoms with E-state index in [1.807, 2.05) is 6.92 Å². The molecule has 20 heavy (non-hydrogen) atoms. The molecule has 0 radical (unpaired) electrons. The van der Waals surface area contributed by atoms with Gasteiger partial charge in [-0.05, 0) is 32.1 Å². The van der Waals surface area contributed by atoms with E-state index in [1.54, 1.807) is 9.80 Å². The first kappa shape index (κ1) is 16.3. The third-order valence-electron chi connectivity index (χ3n) is 3.70. The lowest BCUT2D eigenvalue weighted by Gasteiger charge is -2.36. The van der Waals surface area contributed by atoms with Crippen molar-refractivity contribution in [3.05, 3.63) is 0 Å². The topological polar surface area (TPSA) is 84.6 Å². The quantitative estimate of drug-likeness (QED) is 0.806. The summed E-state index contributed by atoms with van der Waals surface area (Å²) in [6.07, 6.45) is 3.05. The highest BCUT2D eigenvalue weighted by atomic mass is 16.4. The van der Waals surface area contributed by atoms with Crippen molar-refractivity contribution in [1.29, 1.82) is 5.26 Å². The summed E-state index contributed by atoms with van der Waals surface area (Å²) < 4.78 is 0. The second kappa shape index (κ2) is 8.41. The van der Waals surface area contributed by atoms with Crippen LogP contribution in [-0.4, -0.2) is 53.1 Å². The molecule has 0 bridgehead atoms. The molecule has 0 aromatic rings. The molecule has 112 valence electrons. The van der Waals surface area contributed by atoms with Gasteiger partial charge in [-0.1, -0.05) is 0 Å². The normalized spacial score (nSPS) is 18.4. The molecule has 0 aliphatic carbocycles. The minimum absolute atomic E-state index is 0.0252. The molecule has 2 amide bonds. The Morgan fingerprint density at radius 2 is 2.25 bits per heavy atom. The van der Waals surface area contributed by atoms with Crippen LogP contribution >= 0.6 is 0 Å². The van der Waals surface area contributed by atoms with Crippen molar-refractivity contribution in [3.8, 4) is 6.07 Å². The number of amides is 2. The van der Waals surface area contributed by atoms with Crippen LogP contribution in [0.5, 0.6) is 0 Å². The van der Waals surface area contributed by atoms with Gasteiger partial charge in [-0.3, -0.25) is 4.79 Å². The van der Waals surface area contributed by atoms with Gasteiger partial charge in [0.25, 0.3) is 0 Å². The average Bonchev–Trinajstić information content (AvgIpc) is 2.46. The predicted octanol–water partition coefficient (Wildman–Crippen LogP) is 1.92. The Morgan fingerprint density at radius 3 is 2.85 bits per heavy atom. The van der Waals surface area contributed by atoms with Gasteiger partial charge < -0.3 is 14.9 Å². The Balaban J connectivity index is 2.50. The van der Waals surface area contributed by atoms with Crippen LogP contribution in [0.25, 0.3) is 0 Å². The number of hydrogen-bond acceptors (Lipinski definition) is 3. The molecule has 1 aliphatic rings. The molecule has 6 nitrogen and oxygen atoms in total. The molecular formula is C14H23N3O3. The predicted molar refractivity (Wildman–Crippen MR) is 74.0 cm³/mol. The van der Waals surface area contributed by atoms with Crippen LogP contribution in [0.2, 0.25) is 0 Å². The molecule has 1 rings (SSSR count). The maximum Gasteiger partial charge on any atom is 0.320 e. The SMILES string of the molecule is CCN(CCC#N)C(=O)N1CCCC(CCC(=O)O)C1. The summed E-state index contributed by atoms with van der Waals surface area (Å²) in [5, 5.41) is 17.3. The van der Waals surface area contributed by atoms with E-state index in [9.17, 15) is 9.59 Å². The summed E-state index contributed by atoms with van der Waals surface area (Å²) in [5.74, 6) is -0.504. The number of aliphatic carboxylic acids is 1. The van der Waals surface area contributed by atoms with E-state index >= 15 is 0 Å². The van der Waals surface area contributed by atoms with Crippen LogP contribution in [0.3, 0.4) is 0 Å². The van der Waals surface area contributed by atoms with Crippen LogP contribution in [0.1, 0.15) is 39.0 Å². The summed E-state index contributed by atoms with van der Waals surface area (Å²) in [5.41, 5.74) is 0. The van der Waals surface area contributed by atoms with Crippen molar-refractivity contribution in [2.24, 2.45) is 5.92 Å². The molecule has 1 saturated heterocycles. The number of carbonyl (C=O) groups is 2. The molecule has 0 saturated carbocycles. The van der Waals surface area contributed by atoms with E-state index in [0.717, 1.165) is 19.4 Å². The van der Waals surface area contributed by atoms with Gasteiger partial charge >= 0.3 is 12.0 Å². The smallest absolute Gasteiger partial charge is 0.320 e. The van der Waals surface area contributed by atoms with E-state index in [-0.39, 0.29) is 18.4 Å². The number of carboxylic acid groups (broad SMARTS) is 1. The summed E-state index contributed by atoms with van der Waals surface area (Å²) in [7, 11) is 0. The molecule has 1 unspecified atom stereocenters. The third-order valence-corrected chi connectivity index (χ3v) is 3.70. The Kier molecular flexibility index (Phi) is 6.85. The molecule has 1 aliphatic heterocycles. The van der Waals surface area contributed by atoms with Crippen LogP contribution < -0.4 is 0 Å². The number of piperidine rings is 1. The van der Waals surface area contributed by atoms with E-state index in [2.05, 4.69) is 6.07 Å². The lowest BCUT2D eigenvalue weighted by molar-refractivity contribution is -0.137. The van der Waals surface area contributed by atoms with Crippen LogP contribution in [0.15, 0.2) is 0 Å². The lowest BCUT2D eigenvalue weighted by atomic mass is 9.93. The molecule has 0 spiro atoms. The van der Waals surface area contributed by atoms with Gasteiger partial charge in [0, 0.05) is 32.6 Å². The summed E-state index contributed by atoms with van der Waals surface area (Å²) in [4.78, 5) is 26.4. The molecule has 1 atom stereocenters. The number of urea groups is 1. The molecule has 0 aromatic carbocycles. The summed E-state index contributed by atoms with van der Waals surface area (Å²) in [6, 6.07) is 2.03. The van der Waals surface area contributed by atoms with Gasteiger partial charge in [-0.25, -0.2) is 4.79 Å². The van der Waals surface area contributed by atoms with Crippen molar-refractivity contribution >= 4 is 12.0 Å². The van der Waals surface area contributed by atoms with Gasteiger partial charge in [0.1, 0.15) is 0 Å². The fourth-order valence-electron chi connectivity index (χ4n) is 2.58. The number of nitriles is 1. The highest BCUT2D eigenvalue weighted by Gasteiger charge is 2.26. The molecule has 1 heterocycles. The van der Waals surface area contributed by atoms with E-state index in [4.69, 9.17) is 10.4 Å².